The van der Waals surface area contributed by atoms with E-state index in [0.717, 1.165) is 6.42 Å². The zero-order valence-electron chi connectivity index (χ0n) is 13.7. The quantitative estimate of drug-likeness (QED) is 0.852. The van der Waals surface area contributed by atoms with Crippen LogP contribution >= 0.6 is 0 Å². The Labute approximate surface area is 122 Å². The minimum Gasteiger partial charge on any atom is -0.385 e. The van der Waals surface area contributed by atoms with Crippen molar-refractivity contribution in [2.45, 2.75) is 65.6 Å². The topological polar surface area (TPSA) is 58.6 Å². The Hall–Kier alpha value is -1.10. The van der Waals surface area contributed by atoms with Crippen LogP contribution in [0.1, 0.15) is 48.0 Å². The third-order valence-electron chi connectivity index (χ3n) is 3.77. The van der Waals surface area contributed by atoms with Crippen molar-refractivity contribution < 1.29 is 14.3 Å². The Morgan fingerprint density at radius 2 is 1.90 bits per heavy atom. The number of rotatable bonds is 4. The molecule has 2 atom stereocenters. The van der Waals surface area contributed by atoms with Gasteiger partial charge in [0.1, 0.15) is 11.6 Å². The maximum Gasteiger partial charge on any atom is 0.248 e. The summed E-state index contributed by atoms with van der Waals surface area (Å²) in [6.07, 6.45) is 0.720. The van der Waals surface area contributed by atoms with Gasteiger partial charge in [0.25, 0.3) is 0 Å². The monoisotopic (exact) mass is 284 g/mol. The summed E-state index contributed by atoms with van der Waals surface area (Å²) in [4.78, 5) is 26.9. The normalized spacial score (nSPS) is 24.6. The van der Waals surface area contributed by atoms with Gasteiger partial charge in [-0.25, -0.2) is 0 Å². The van der Waals surface area contributed by atoms with E-state index in [0.29, 0.717) is 6.61 Å². The summed E-state index contributed by atoms with van der Waals surface area (Å²) in [6.45, 7) is 12.0. The molecular weight excluding hydrogens is 256 g/mol. The molecule has 1 N–H and O–H groups in total. The van der Waals surface area contributed by atoms with Gasteiger partial charge >= 0.3 is 0 Å². The molecule has 0 bridgehead atoms. The second-order valence-corrected chi connectivity index (χ2v) is 7.23. The SMILES string of the molecule is COCCC(C)N1C(=O)C(C)(C)NC(=O)C1C(C)(C)C. The number of amides is 2. The van der Waals surface area contributed by atoms with Gasteiger partial charge in [-0.2, -0.15) is 0 Å². The van der Waals surface area contributed by atoms with Crippen LogP contribution in [0.25, 0.3) is 0 Å². The second kappa shape index (κ2) is 5.72. The number of methoxy groups -OCH3 is 1. The fraction of sp³-hybridized carbons (Fsp3) is 0.867. The van der Waals surface area contributed by atoms with Crippen LogP contribution in [0, 0.1) is 5.41 Å². The van der Waals surface area contributed by atoms with Crippen LogP contribution < -0.4 is 5.32 Å². The van der Waals surface area contributed by atoms with E-state index in [1.807, 2.05) is 27.7 Å². The molecule has 1 rings (SSSR count). The molecule has 0 radical (unpaired) electrons. The molecule has 1 saturated heterocycles. The van der Waals surface area contributed by atoms with Gasteiger partial charge in [-0.15, -0.1) is 0 Å². The zero-order valence-corrected chi connectivity index (χ0v) is 13.7. The van der Waals surface area contributed by atoms with Crippen molar-refractivity contribution in [2.24, 2.45) is 5.41 Å². The summed E-state index contributed by atoms with van der Waals surface area (Å²) >= 11 is 0. The van der Waals surface area contributed by atoms with Crippen LogP contribution in [0.4, 0.5) is 0 Å². The number of carbonyl (C=O) groups is 2. The van der Waals surface area contributed by atoms with Crippen molar-refractivity contribution in [1.29, 1.82) is 0 Å². The van der Waals surface area contributed by atoms with Gasteiger partial charge in [-0.05, 0) is 32.6 Å². The second-order valence-electron chi connectivity index (χ2n) is 7.23. The van der Waals surface area contributed by atoms with E-state index < -0.39 is 11.6 Å². The molecule has 5 heteroatoms. The molecule has 116 valence electrons. The molecule has 1 heterocycles. The first-order valence-corrected chi connectivity index (χ1v) is 7.16. The van der Waals surface area contributed by atoms with Crippen molar-refractivity contribution in [3.8, 4) is 0 Å². The van der Waals surface area contributed by atoms with Crippen LogP contribution in [0.15, 0.2) is 0 Å². The van der Waals surface area contributed by atoms with E-state index in [-0.39, 0.29) is 23.3 Å². The lowest BCUT2D eigenvalue weighted by Gasteiger charge is -2.50. The van der Waals surface area contributed by atoms with Gasteiger partial charge < -0.3 is 15.0 Å². The summed E-state index contributed by atoms with van der Waals surface area (Å²) in [5, 5.41) is 2.84. The van der Waals surface area contributed by atoms with Crippen molar-refractivity contribution in [3.63, 3.8) is 0 Å². The minimum atomic E-state index is -0.847. The number of nitrogens with one attached hydrogen (secondary N) is 1. The molecular formula is C15H28N2O3. The highest BCUT2D eigenvalue weighted by Gasteiger charge is 2.50. The van der Waals surface area contributed by atoms with E-state index in [9.17, 15) is 9.59 Å². The van der Waals surface area contributed by atoms with Gasteiger partial charge in [0.15, 0.2) is 0 Å². The van der Waals surface area contributed by atoms with Crippen LogP contribution in [0.3, 0.4) is 0 Å². The lowest BCUT2D eigenvalue weighted by Crippen LogP contribution is -2.72. The molecule has 1 fully saturated rings. The first-order chi connectivity index (χ1) is 9.02. The first-order valence-electron chi connectivity index (χ1n) is 7.16. The average molecular weight is 284 g/mol. The Morgan fingerprint density at radius 1 is 1.35 bits per heavy atom. The number of carbonyl (C=O) groups excluding carboxylic acids is 2. The number of ether oxygens (including phenoxy) is 1. The molecule has 0 saturated carbocycles. The molecule has 0 aromatic heterocycles. The first kappa shape index (κ1) is 17.0. The number of nitrogens with zero attached hydrogens (tertiary/aromatic N) is 1. The van der Waals surface area contributed by atoms with Crippen molar-refractivity contribution in [2.75, 3.05) is 13.7 Å². The molecule has 2 amide bonds. The van der Waals surface area contributed by atoms with Crippen LogP contribution in [-0.2, 0) is 14.3 Å². The third kappa shape index (κ3) is 3.32. The summed E-state index contributed by atoms with van der Waals surface area (Å²) in [7, 11) is 1.64. The van der Waals surface area contributed by atoms with E-state index >= 15 is 0 Å². The van der Waals surface area contributed by atoms with Crippen molar-refractivity contribution in [1.82, 2.24) is 10.2 Å². The van der Waals surface area contributed by atoms with E-state index in [2.05, 4.69) is 5.32 Å². The molecule has 2 unspecified atom stereocenters. The van der Waals surface area contributed by atoms with Crippen LogP contribution in [-0.4, -0.2) is 48.1 Å². The largest absolute Gasteiger partial charge is 0.385 e. The Morgan fingerprint density at radius 3 is 2.35 bits per heavy atom. The van der Waals surface area contributed by atoms with Crippen LogP contribution in [0.2, 0.25) is 0 Å². The van der Waals surface area contributed by atoms with E-state index in [1.54, 1.807) is 25.9 Å². The molecule has 20 heavy (non-hydrogen) atoms. The smallest absolute Gasteiger partial charge is 0.248 e. The molecule has 0 aromatic carbocycles. The predicted octanol–water partition coefficient (Wildman–Crippen LogP) is 1.56. The highest BCUT2D eigenvalue weighted by molar-refractivity contribution is 5.99. The van der Waals surface area contributed by atoms with Gasteiger partial charge in [-0.3, -0.25) is 9.59 Å². The van der Waals surface area contributed by atoms with Gasteiger partial charge in [0.05, 0.1) is 0 Å². The summed E-state index contributed by atoms with van der Waals surface area (Å²) in [6, 6.07) is -0.480. The van der Waals surface area contributed by atoms with E-state index in [4.69, 9.17) is 4.74 Å². The minimum absolute atomic E-state index is 0.0272. The Balaban J connectivity index is 3.13. The maximum atomic E-state index is 12.7. The lowest BCUT2D eigenvalue weighted by molar-refractivity contribution is -0.161. The molecule has 0 aromatic rings. The fourth-order valence-electron chi connectivity index (χ4n) is 2.69. The molecule has 5 nitrogen and oxygen atoms in total. The Bertz CT molecular complexity index is 385. The highest BCUT2D eigenvalue weighted by Crippen LogP contribution is 2.32. The molecule has 0 spiro atoms. The molecule has 1 aliphatic heterocycles. The Kier molecular flexibility index (Phi) is 4.85. The van der Waals surface area contributed by atoms with Gasteiger partial charge in [-0.1, -0.05) is 20.8 Å². The van der Waals surface area contributed by atoms with E-state index in [1.165, 1.54) is 0 Å². The summed E-state index contributed by atoms with van der Waals surface area (Å²) in [5.74, 6) is -0.105. The van der Waals surface area contributed by atoms with Gasteiger partial charge in [0.2, 0.25) is 11.8 Å². The molecule has 1 aliphatic rings. The molecule has 0 aliphatic carbocycles. The maximum absolute atomic E-state index is 12.7. The predicted molar refractivity (Wildman–Crippen MR) is 78.3 cm³/mol. The van der Waals surface area contributed by atoms with Gasteiger partial charge in [0, 0.05) is 19.8 Å². The number of hydrogen-bond acceptors (Lipinski definition) is 3. The lowest BCUT2D eigenvalue weighted by atomic mass is 9.80. The average Bonchev–Trinajstić information content (AvgIpc) is 2.28. The number of hydrogen-bond donors (Lipinski definition) is 1. The third-order valence-corrected chi connectivity index (χ3v) is 3.77. The van der Waals surface area contributed by atoms with Crippen molar-refractivity contribution in [3.05, 3.63) is 0 Å². The summed E-state index contributed by atoms with van der Waals surface area (Å²) in [5.41, 5.74) is -1.16. The summed E-state index contributed by atoms with van der Waals surface area (Å²) < 4.78 is 5.10. The van der Waals surface area contributed by atoms with Crippen LogP contribution in [0.5, 0.6) is 0 Å². The van der Waals surface area contributed by atoms with Crippen molar-refractivity contribution >= 4 is 11.8 Å². The fourth-order valence-corrected chi connectivity index (χ4v) is 2.69. The zero-order chi connectivity index (χ0) is 15.7. The standard InChI is InChI=1S/C15H28N2O3/c1-10(8-9-20-7)17-11(14(2,3)4)12(18)16-15(5,6)13(17)19/h10-11H,8-9H2,1-7H3,(H,16,18). The number of piperazine rings is 1. The highest BCUT2D eigenvalue weighted by atomic mass is 16.5.